The van der Waals surface area contributed by atoms with E-state index in [1.54, 1.807) is 4.90 Å². The highest BCUT2D eigenvalue weighted by Crippen LogP contribution is 2.13. The molecule has 0 saturated carbocycles. The number of carbonyl (C=O) groups excluding carboxylic acids is 1. The van der Waals surface area contributed by atoms with Gasteiger partial charge in [-0.15, -0.1) is 0 Å². The third kappa shape index (κ3) is 4.05. The first-order valence-corrected chi connectivity index (χ1v) is 6.99. The highest BCUT2D eigenvalue weighted by atomic mass is 19.1. The first-order valence-electron chi connectivity index (χ1n) is 6.99. The van der Waals surface area contributed by atoms with E-state index in [1.165, 1.54) is 23.8 Å². The fourth-order valence-corrected chi connectivity index (χ4v) is 2.23. The Labute approximate surface area is 124 Å². The van der Waals surface area contributed by atoms with Crippen molar-refractivity contribution < 1.29 is 9.18 Å². The molecule has 2 rings (SSSR count). The van der Waals surface area contributed by atoms with Crippen molar-refractivity contribution in [2.75, 3.05) is 18.8 Å². The van der Waals surface area contributed by atoms with Crippen molar-refractivity contribution in [1.29, 1.82) is 0 Å². The van der Waals surface area contributed by atoms with Crippen LogP contribution in [0.4, 0.5) is 10.1 Å². The molecule has 0 unspecified atom stereocenters. The molecule has 2 aromatic rings. The van der Waals surface area contributed by atoms with Crippen molar-refractivity contribution in [3.8, 4) is 0 Å². The van der Waals surface area contributed by atoms with Crippen LogP contribution >= 0.6 is 0 Å². The minimum Gasteiger partial charge on any atom is -0.399 e. The molecule has 0 radical (unpaired) electrons. The molecule has 0 saturated heterocycles. The predicted octanol–water partition coefficient (Wildman–Crippen LogP) is 3.11. The smallest absolute Gasteiger partial charge is 0.254 e. The first-order chi connectivity index (χ1) is 10.1. The van der Waals surface area contributed by atoms with Gasteiger partial charge in [-0.3, -0.25) is 4.79 Å². The van der Waals surface area contributed by atoms with Crippen LogP contribution in [0.15, 0.2) is 48.5 Å². The van der Waals surface area contributed by atoms with E-state index in [0.29, 0.717) is 18.7 Å². The fourth-order valence-electron chi connectivity index (χ4n) is 2.23. The van der Waals surface area contributed by atoms with Crippen LogP contribution in [0, 0.1) is 5.82 Å². The summed E-state index contributed by atoms with van der Waals surface area (Å²) in [6.45, 7) is 3.07. The second-order valence-electron chi connectivity index (χ2n) is 4.89. The van der Waals surface area contributed by atoms with Gasteiger partial charge in [-0.1, -0.05) is 30.3 Å². The van der Waals surface area contributed by atoms with Crippen LogP contribution in [-0.2, 0) is 6.42 Å². The molecule has 0 aromatic heterocycles. The van der Waals surface area contributed by atoms with Crippen LogP contribution in [0.25, 0.3) is 0 Å². The standard InChI is InChI=1S/C17H19FN2O/c1-2-20(9-8-13-6-4-3-5-7-13)17(21)14-10-15(18)12-16(19)11-14/h3-7,10-12H,2,8-9,19H2,1H3. The molecular weight excluding hydrogens is 267 g/mol. The molecule has 0 atom stereocenters. The number of anilines is 1. The Kier molecular flexibility index (Phi) is 4.93. The molecule has 3 nitrogen and oxygen atoms in total. The van der Waals surface area contributed by atoms with Gasteiger partial charge in [-0.05, 0) is 37.1 Å². The van der Waals surface area contributed by atoms with Gasteiger partial charge in [0.25, 0.3) is 5.91 Å². The SMILES string of the molecule is CCN(CCc1ccccc1)C(=O)c1cc(N)cc(F)c1. The van der Waals surface area contributed by atoms with Crippen molar-refractivity contribution in [1.82, 2.24) is 4.90 Å². The quantitative estimate of drug-likeness (QED) is 0.858. The number of hydrogen-bond donors (Lipinski definition) is 1. The summed E-state index contributed by atoms with van der Waals surface area (Å²) < 4.78 is 13.4. The van der Waals surface area contributed by atoms with Crippen molar-refractivity contribution >= 4 is 11.6 Å². The lowest BCUT2D eigenvalue weighted by Gasteiger charge is -2.21. The second kappa shape index (κ2) is 6.88. The minimum absolute atomic E-state index is 0.195. The summed E-state index contributed by atoms with van der Waals surface area (Å²) >= 11 is 0. The van der Waals surface area contributed by atoms with Crippen LogP contribution in [0.3, 0.4) is 0 Å². The highest BCUT2D eigenvalue weighted by molar-refractivity contribution is 5.95. The average molecular weight is 286 g/mol. The molecule has 0 fully saturated rings. The van der Waals surface area contributed by atoms with E-state index in [-0.39, 0.29) is 11.6 Å². The summed E-state index contributed by atoms with van der Waals surface area (Å²) in [6, 6.07) is 13.9. The monoisotopic (exact) mass is 286 g/mol. The first kappa shape index (κ1) is 15.0. The highest BCUT2D eigenvalue weighted by Gasteiger charge is 2.15. The van der Waals surface area contributed by atoms with E-state index in [0.717, 1.165) is 6.42 Å². The predicted molar refractivity (Wildman–Crippen MR) is 82.5 cm³/mol. The number of amides is 1. The minimum atomic E-state index is -0.488. The molecule has 2 N–H and O–H groups in total. The van der Waals surface area contributed by atoms with Crippen molar-refractivity contribution in [3.63, 3.8) is 0 Å². The van der Waals surface area contributed by atoms with Gasteiger partial charge in [0.1, 0.15) is 5.82 Å². The van der Waals surface area contributed by atoms with Gasteiger partial charge >= 0.3 is 0 Å². The summed E-state index contributed by atoms with van der Waals surface area (Å²) in [5, 5.41) is 0. The van der Waals surface area contributed by atoms with Crippen LogP contribution in [0.1, 0.15) is 22.8 Å². The summed E-state index contributed by atoms with van der Waals surface area (Å²) in [6.07, 6.45) is 0.769. The maximum absolute atomic E-state index is 13.4. The van der Waals surface area contributed by atoms with E-state index in [1.807, 2.05) is 37.3 Å². The van der Waals surface area contributed by atoms with Crippen LogP contribution in [0.2, 0.25) is 0 Å². The summed E-state index contributed by atoms with van der Waals surface area (Å²) in [5.74, 6) is -0.683. The molecule has 0 aliphatic heterocycles. The molecular formula is C17H19FN2O. The summed E-state index contributed by atoms with van der Waals surface area (Å²) in [4.78, 5) is 14.1. The van der Waals surface area contributed by atoms with E-state index in [2.05, 4.69) is 0 Å². The molecule has 1 amide bonds. The van der Waals surface area contributed by atoms with E-state index >= 15 is 0 Å². The fraction of sp³-hybridized carbons (Fsp3) is 0.235. The molecule has 0 bridgehead atoms. The Morgan fingerprint density at radius 3 is 2.52 bits per heavy atom. The Morgan fingerprint density at radius 1 is 1.19 bits per heavy atom. The number of nitrogen functional groups attached to an aromatic ring is 1. The molecule has 4 heteroatoms. The zero-order valence-electron chi connectivity index (χ0n) is 12.1. The normalized spacial score (nSPS) is 10.4. The average Bonchev–Trinajstić information content (AvgIpc) is 2.47. The molecule has 0 aliphatic carbocycles. The topological polar surface area (TPSA) is 46.3 Å². The summed E-state index contributed by atoms with van der Waals surface area (Å²) in [5.41, 5.74) is 7.32. The lowest BCUT2D eigenvalue weighted by atomic mass is 10.1. The van der Waals surface area contributed by atoms with Gasteiger partial charge in [0, 0.05) is 24.3 Å². The number of benzene rings is 2. The zero-order valence-corrected chi connectivity index (χ0v) is 12.1. The van der Waals surface area contributed by atoms with E-state index < -0.39 is 5.82 Å². The second-order valence-corrected chi connectivity index (χ2v) is 4.89. The third-order valence-electron chi connectivity index (χ3n) is 3.35. The summed E-state index contributed by atoms with van der Waals surface area (Å²) in [7, 11) is 0. The number of hydrogen-bond acceptors (Lipinski definition) is 2. The molecule has 2 aromatic carbocycles. The van der Waals surface area contributed by atoms with Crippen LogP contribution in [0.5, 0.6) is 0 Å². The number of halogens is 1. The number of rotatable bonds is 5. The van der Waals surface area contributed by atoms with Crippen molar-refractivity contribution in [2.24, 2.45) is 0 Å². The van der Waals surface area contributed by atoms with Crippen molar-refractivity contribution in [2.45, 2.75) is 13.3 Å². The molecule has 0 spiro atoms. The zero-order chi connectivity index (χ0) is 15.2. The molecule has 21 heavy (non-hydrogen) atoms. The van der Waals surface area contributed by atoms with Gasteiger partial charge in [0.05, 0.1) is 0 Å². The van der Waals surface area contributed by atoms with Crippen LogP contribution < -0.4 is 5.73 Å². The maximum atomic E-state index is 13.4. The number of carbonyl (C=O) groups is 1. The van der Waals surface area contributed by atoms with Crippen molar-refractivity contribution in [3.05, 3.63) is 65.5 Å². The third-order valence-corrected chi connectivity index (χ3v) is 3.35. The van der Waals surface area contributed by atoms with Gasteiger partial charge in [0.2, 0.25) is 0 Å². The number of nitrogens with zero attached hydrogens (tertiary/aromatic N) is 1. The Bertz CT molecular complexity index is 593. The Balaban J connectivity index is 2.08. The van der Waals surface area contributed by atoms with E-state index in [4.69, 9.17) is 5.73 Å². The number of likely N-dealkylation sites (N-methyl/N-ethyl adjacent to an activating group) is 1. The van der Waals surface area contributed by atoms with Crippen LogP contribution in [-0.4, -0.2) is 23.9 Å². The lowest BCUT2D eigenvalue weighted by Crippen LogP contribution is -2.32. The van der Waals surface area contributed by atoms with Gasteiger partial charge in [0.15, 0.2) is 0 Å². The van der Waals surface area contributed by atoms with Gasteiger partial charge in [-0.25, -0.2) is 4.39 Å². The molecule has 0 aliphatic rings. The number of nitrogens with two attached hydrogens (primary N) is 1. The molecule has 110 valence electrons. The Morgan fingerprint density at radius 2 is 1.90 bits per heavy atom. The Hall–Kier alpha value is -2.36. The molecule has 0 heterocycles. The lowest BCUT2D eigenvalue weighted by molar-refractivity contribution is 0.0765. The maximum Gasteiger partial charge on any atom is 0.254 e. The van der Waals surface area contributed by atoms with Gasteiger partial charge in [-0.2, -0.15) is 0 Å². The van der Waals surface area contributed by atoms with E-state index in [9.17, 15) is 9.18 Å². The largest absolute Gasteiger partial charge is 0.399 e. The van der Waals surface area contributed by atoms with Gasteiger partial charge < -0.3 is 10.6 Å².